The van der Waals surface area contributed by atoms with Crippen LogP contribution in [0.4, 0.5) is 0 Å². The van der Waals surface area contributed by atoms with E-state index in [9.17, 15) is 0 Å². The third-order valence-corrected chi connectivity index (χ3v) is 28.0. The van der Waals surface area contributed by atoms with Crippen molar-refractivity contribution in [2.45, 2.75) is 55.4 Å². The van der Waals surface area contributed by atoms with Crippen molar-refractivity contribution in [3.8, 4) is 0 Å². The molecule has 492 valence electrons. The van der Waals surface area contributed by atoms with Crippen LogP contribution >= 0.6 is 31.7 Å². The minimum atomic E-state index is -0.518. The van der Waals surface area contributed by atoms with Crippen LogP contribution in [0, 0.1) is 55.4 Å². The molecule has 0 radical (unpaired) electrons. The van der Waals surface area contributed by atoms with Gasteiger partial charge in [-0.15, -0.1) is 135 Å². The Morgan fingerprint density at radius 2 is 0.310 bits per heavy atom. The van der Waals surface area contributed by atoms with Crippen LogP contribution in [0.15, 0.2) is 340 Å². The van der Waals surface area contributed by atoms with E-state index in [-0.39, 0.29) is 77.2 Å². The maximum Gasteiger partial charge on any atom is 2.00 e. The summed E-state index contributed by atoms with van der Waals surface area (Å²) >= 11 is 0. The van der Waals surface area contributed by atoms with Gasteiger partial charge < -0.3 is 24.8 Å². The van der Waals surface area contributed by atoms with E-state index in [1.54, 1.807) is 0 Å². The van der Waals surface area contributed by atoms with Crippen LogP contribution in [0.1, 0.15) is 44.5 Å². The first-order valence-corrected chi connectivity index (χ1v) is 38.6. The molecule has 0 aromatic heterocycles. The van der Waals surface area contributed by atoms with Gasteiger partial charge in [-0.3, -0.25) is 0 Å². The Hall–Kier alpha value is -6.85. The number of hydrogen-bond donors (Lipinski definition) is 0. The van der Waals surface area contributed by atoms with Gasteiger partial charge in [0.1, 0.15) is 0 Å². The summed E-state index contributed by atoms with van der Waals surface area (Å²) in [5.74, 6) is 0. The second kappa shape index (κ2) is 36.3. The van der Waals surface area contributed by atoms with Gasteiger partial charge in [0, 0.05) is 0 Å². The molecule has 0 aliphatic heterocycles. The average Bonchev–Trinajstić information content (AvgIpc) is 1.63. The van der Waals surface area contributed by atoms with E-state index < -0.39 is 31.7 Å². The summed E-state index contributed by atoms with van der Waals surface area (Å²) in [5.41, 5.74) is 10.9. The van der Waals surface area contributed by atoms with Crippen molar-refractivity contribution in [3.05, 3.63) is 384 Å². The van der Waals surface area contributed by atoms with Gasteiger partial charge in [0.25, 0.3) is 0 Å². The van der Waals surface area contributed by atoms with Crippen LogP contribution in [0.3, 0.4) is 0 Å². The zero-order valence-corrected chi connectivity index (χ0v) is 67.9. The molecular weight excluding hydrogens is 1480 g/mol. The van der Waals surface area contributed by atoms with Gasteiger partial charge in [-0.1, -0.05) is 317 Å². The van der Waals surface area contributed by atoms with E-state index in [0.717, 1.165) is 0 Å². The van der Waals surface area contributed by atoms with Gasteiger partial charge in [0.15, 0.2) is 0 Å². The summed E-state index contributed by atoms with van der Waals surface area (Å²) in [6.45, 7) is 17.7. The molecule has 16 aromatic carbocycles. The van der Waals surface area contributed by atoms with Crippen molar-refractivity contribution in [1.29, 1.82) is 0 Å². The maximum atomic E-state index is 2.41. The van der Waals surface area contributed by atoms with Gasteiger partial charge in [0.2, 0.25) is 0 Å². The monoisotopic (exact) mass is 1560 g/mol. The molecule has 0 fully saturated rings. The molecule has 0 nitrogen and oxygen atoms in total. The Morgan fingerprint density at radius 3 is 0.440 bits per heavy atom. The van der Waals surface area contributed by atoms with E-state index in [1.165, 1.54) is 151 Å². The third kappa shape index (κ3) is 17.6. The Kier molecular flexibility index (Phi) is 28.1. The fraction of sp³-hybridized carbons (Fsp3) is 0.0870. The van der Waals surface area contributed by atoms with Crippen molar-refractivity contribution in [2.75, 3.05) is 0 Å². The number of benzene rings is 12. The largest absolute Gasteiger partial charge is 2.00 e. The molecule has 16 aromatic rings. The fourth-order valence-electron chi connectivity index (χ4n) is 13.2. The van der Waals surface area contributed by atoms with Crippen LogP contribution in [0.5, 0.6) is 0 Å². The SMILES string of the molecule is Cc1ccc(C)c2[cH-]c(P(c3ccccc3)c3ccccc3)cc12.Cc1ccc(C)c2[cH-]c(P(c3ccccc3)c3ccccc3)cc12.Cc1ccc(C)c2[cH-]c(P(c3ccccc3)c3ccccc3)cc12.Cc1ccc(C)c2[cH-]c(P(c3ccccc3)c3ccccc3)cc12.[Cl-].[Cl-].[Zr+2].[Zr+2]. The molecule has 0 amide bonds. The molecule has 0 unspecified atom stereocenters. The Morgan fingerprint density at radius 1 is 0.180 bits per heavy atom. The summed E-state index contributed by atoms with van der Waals surface area (Å²) < 4.78 is 0. The second-order valence-corrected chi connectivity index (χ2v) is 33.9. The van der Waals surface area contributed by atoms with E-state index in [2.05, 4.69) is 395 Å². The summed E-state index contributed by atoms with van der Waals surface area (Å²) in [4.78, 5) is 0. The standard InChI is InChI=1S/4C23H20P.2ClH.2Zr/c4*1-17-13-14-18(2)23-16-21(15-22(17)23)24(19-9-5-3-6-10-19)20-11-7-4-8-12-20;;;;/h4*3-16H,1-2H3;2*1H;;/q4*-1;;;2*+2/p-2. The predicted octanol–water partition coefficient (Wildman–Crippen LogP) is 13.7. The van der Waals surface area contributed by atoms with Crippen LogP contribution in [-0.4, -0.2) is 0 Å². The van der Waals surface area contributed by atoms with Crippen LogP contribution in [-0.2, 0) is 52.4 Å². The molecule has 0 bridgehead atoms. The van der Waals surface area contributed by atoms with Gasteiger partial charge in [-0.2, -0.15) is 24.3 Å². The average molecular weight is 1560 g/mol. The molecule has 100 heavy (non-hydrogen) atoms. The molecule has 16 rings (SSSR count). The number of rotatable bonds is 12. The van der Waals surface area contributed by atoms with E-state index in [1.807, 2.05) is 0 Å². The second-order valence-electron chi connectivity index (χ2n) is 25.0. The zero-order chi connectivity index (χ0) is 66.1. The summed E-state index contributed by atoms with van der Waals surface area (Å²) in [6.07, 6.45) is 0. The quantitative estimate of drug-likeness (QED) is 0.0845. The first kappa shape index (κ1) is 77.3. The molecular formula is C92H80Cl2P4Zr2-2. The molecule has 0 atom stereocenters. The van der Waals surface area contributed by atoms with E-state index >= 15 is 0 Å². The molecule has 0 N–H and O–H groups in total. The first-order valence-electron chi connectivity index (χ1n) is 33.2. The van der Waals surface area contributed by atoms with Crippen LogP contribution in [0.2, 0.25) is 0 Å². The van der Waals surface area contributed by atoms with Crippen molar-refractivity contribution >= 4 is 138 Å². The third-order valence-electron chi connectivity index (χ3n) is 18.4. The summed E-state index contributed by atoms with van der Waals surface area (Å²) in [7, 11) is -2.07. The van der Waals surface area contributed by atoms with Crippen LogP contribution < -0.4 is 88.5 Å². The minimum absolute atomic E-state index is 0. The number of aryl methyl sites for hydroxylation is 8. The fourth-order valence-corrected chi connectivity index (χ4v) is 22.6. The smallest absolute Gasteiger partial charge is 1.00 e. The first-order chi connectivity index (χ1) is 46.9. The number of hydrogen-bond acceptors (Lipinski definition) is 0. The Balaban J connectivity index is 0.000000153. The normalized spacial score (nSPS) is 10.8. The predicted molar refractivity (Wildman–Crippen MR) is 431 cm³/mol. The minimum Gasteiger partial charge on any atom is -1.00 e. The molecule has 0 aliphatic carbocycles. The van der Waals surface area contributed by atoms with E-state index in [0.29, 0.717) is 0 Å². The summed E-state index contributed by atoms with van der Waals surface area (Å²) in [6, 6.07) is 124. The molecule has 8 heteroatoms. The number of halogens is 2. The van der Waals surface area contributed by atoms with Gasteiger partial charge >= 0.3 is 52.4 Å². The van der Waals surface area contributed by atoms with E-state index in [4.69, 9.17) is 0 Å². The topological polar surface area (TPSA) is 0 Å². The van der Waals surface area contributed by atoms with Gasteiger partial charge in [-0.05, 0) is 102 Å². The van der Waals surface area contributed by atoms with Gasteiger partial charge in [0.05, 0.1) is 0 Å². The van der Waals surface area contributed by atoms with Gasteiger partial charge in [-0.25, -0.2) is 0 Å². The van der Waals surface area contributed by atoms with Crippen molar-refractivity contribution in [3.63, 3.8) is 0 Å². The molecule has 0 aliphatic rings. The Bertz CT molecular complexity index is 4230. The van der Waals surface area contributed by atoms with Crippen molar-refractivity contribution < 1.29 is 77.2 Å². The molecule has 0 spiro atoms. The van der Waals surface area contributed by atoms with Crippen LogP contribution in [0.25, 0.3) is 43.1 Å². The molecule has 0 heterocycles. The Labute approximate surface area is 648 Å². The zero-order valence-electron chi connectivity index (χ0n) is 57.9. The maximum absolute atomic E-state index is 2.41. The molecule has 0 saturated carbocycles. The summed E-state index contributed by atoms with van der Waals surface area (Å²) in [5, 5.41) is 28.2. The van der Waals surface area contributed by atoms with Crippen molar-refractivity contribution in [1.82, 2.24) is 0 Å². The van der Waals surface area contributed by atoms with Crippen molar-refractivity contribution in [2.24, 2.45) is 0 Å². The molecule has 0 saturated heterocycles. The number of fused-ring (bicyclic) bond motifs is 4.